The van der Waals surface area contributed by atoms with Gasteiger partial charge in [0.2, 0.25) is 0 Å². The van der Waals surface area contributed by atoms with Crippen LogP contribution in [0.4, 0.5) is 27.1 Å². The summed E-state index contributed by atoms with van der Waals surface area (Å²) in [4.78, 5) is 7.09. The Morgan fingerprint density at radius 3 is 2.19 bits per heavy atom. The predicted molar refractivity (Wildman–Crippen MR) is 196 cm³/mol. The Morgan fingerprint density at radius 2 is 1.38 bits per heavy atom. The molecule has 4 heteroatoms. The van der Waals surface area contributed by atoms with Crippen LogP contribution in [0.3, 0.4) is 0 Å². The van der Waals surface area contributed by atoms with Crippen LogP contribution in [0.1, 0.15) is 17.5 Å². The third-order valence-corrected chi connectivity index (χ3v) is 9.96. The number of nitrogens with zero attached hydrogens (tertiary/aromatic N) is 3. The van der Waals surface area contributed by atoms with Crippen molar-refractivity contribution in [2.24, 2.45) is 0 Å². The van der Waals surface area contributed by atoms with Crippen LogP contribution in [0, 0.1) is 5.82 Å². The van der Waals surface area contributed by atoms with Crippen molar-refractivity contribution in [2.75, 3.05) is 23.4 Å². The van der Waals surface area contributed by atoms with E-state index in [2.05, 4.69) is 137 Å². The van der Waals surface area contributed by atoms with Crippen LogP contribution in [0.25, 0.3) is 37.9 Å². The van der Waals surface area contributed by atoms with E-state index < -0.39 is 0 Å². The topological polar surface area (TPSA) is 9.72 Å². The van der Waals surface area contributed by atoms with Crippen LogP contribution in [-0.4, -0.2) is 24.7 Å². The third kappa shape index (κ3) is 4.55. The maximum Gasteiger partial charge on any atom is 0.125 e. The van der Waals surface area contributed by atoms with Crippen LogP contribution >= 0.6 is 0 Å². The molecule has 1 unspecified atom stereocenters. The molecule has 2 heterocycles. The summed E-state index contributed by atoms with van der Waals surface area (Å²) in [6.07, 6.45) is 8.79. The first-order valence-electron chi connectivity index (χ1n) is 16.4. The molecule has 0 N–H and O–H groups in total. The number of likely N-dealkylation sites (N-methyl/N-ethyl adjacent to an activating group) is 1. The van der Waals surface area contributed by atoms with Gasteiger partial charge in [0.25, 0.3) is 0 Å². The third-order valence-electron chi connectivity index (χ3n) is 9.96. The van der Waals surface area contributed by atoms with Gasteiger partial charge in [-0.2, -0.15) is 0 Å². The molecule has 228 valence electrons. The number of benzene rings is 7. The van der Waals surface area contributed by atoms with Gasteiger partial charge in [0.05, 0.1) is 5.69 Å². The SMILES string of the molecule is CN1C=C(c2ccccc2)C=CC1N(c1ccc(F)cc1)c1ccc2ccc3c(N4CCCc5ccccc54)ccc4ccc1c2c43. The van der Waals surface area contributed by atoms with E-state index in [1.165, 1.54) is 54.8 Å². The average Bonchev–Trinajstić information content (AvgIpc) is 3.12. The summed E-state index contributed by atoms with van der Waals surface area (Å²) in [5.74, 6) is -0.241. The van der Waals surface area contributed by atoms with E-state index in [0.29, 0.717) is 0 Å². The average molecular weight is 612 g/mol. The monoisotopic (exact) mass is 611 g/mol. The molecule has 0 aliphatic carbocycles. The van der Waals surface area contributed by atoms with Crippen LogP contribution in [0.2, 0.25) is 0 Å². The number of para-hydroxylation sites is 1. The maximum atomic E-state index is 14.3. The van der Waals surface area contributed by atoms with Crippen molar-refractivity contribution in [3.8, 4) is 0 Å². The molecule has 0 amide bonds. The predicted octanol–water partition coefficient (Wildman–Crippen LogP) is 10.8. The Bertz CT molecular complexity index is 2320. The molecule has 2 aliphatic heterocycles. The Kier molecular flexibility index (Phi) is 6.49. The fraction of sp³-hybridized carbons (Fsp3) is 0.116. The van der Waals surface area contributed by atoms with E-state index >= 15 is 0 Å². The summed E-state index contributed by atoms with van der Waals surface area (Å²) in [6.45, 7) is 1.00. The molecular weight excluding hydrogens is 577 g/mol. The molecule has 9 rings (SSSR count). The summed E-state index contributed by atoms with van der Waals surface area (Å²) < 4.78 is 14.3. The highest BCUT2D eigenvalue weighted by Gasteiger charge is 2.27. The first-order chi connectivity index (χ1) is 23.1. The van der Waals surface area contributed by atoms with E-state index in [4.69, 9.17) is 0 Å². The maximum absolute atomic E-state index is 14.3. The molecular formula is C43H34FN3. The number of rotatable bonds is 5. The summed E-state index contributed by atoms with van der Waals surface area (Å²) >= 11 is 0. The zero-order chi connectivity index (χ0) is 31.5. The normalized spacial score (nSPS) is 16.2. The van der Waals surface area contributed by atoms with Crippen molar-refractivity contribution >= 4 is 60.6 Å². The van der Waals surface area contributed by atoms with Gasteiger partial charge in [0, 0.05) is 47.6 Å². The van der Waals surface area contributed by atoms with E-state index in [1.54, 1.807) is 12.1 Å². The molecule has 0 saturated carbocycles. The van der Waals surface area contributed by atoms with Crippen molar-refractivity contribution in [2.45, 2.75) is 19.0 Å². The molecule has 0 saturated heterocycles. The lowest BCUT2D eigenvalue weighted by molar-refractivity contribution is 0.386. The second-order valence-electron chi connectivity index (χ2n) is 12.7. The van der Waals surface area contributed by atoms with Gasteiger partial charge in [-0.1, -0.05) is 91.0 Å². The molecule has 7 aromatic carbocycles. The van der Waals surface area contributed by atoms with Gasteiger partial charge in [-0.3, -0.25) is 0 Å². The molecule has 0 radical (unpaired) electrons. The molecule has 2 aliphatic rings. The van der Waals surface area contributed by atoms with Crippen LogP contribution in [0.15, 0.2) is 146 Å². The van der Waals surface area contributed by atoms with E-state index in [1.807, 2.05) is 18.2 Å². The first kappa shape index (κ1) is 27.7. The van der Waals surface area contributed by atoms with Gasteiger partial charge < -0.3 is 14.7 Å². The molecule has 0 fully saturated rings. The summed E-state index contributed by atoms with van der Waals surface area (Å²) in [5.41, 5.74) is 8.34. The minimum atomic E-state index is -0.241. The second-order valence-corrected chi connectivity index (χ2v) is 12.7. The molecule has 0 bridgehead atoms. The number of hydrogen-bond donors (Lipinski definition) is 0. The summed E-state index contributed by atoms with van der Waals surface area (Å²) in [7, 11) is 2.12. The summed E-state index contributed by atoms with van der Waals surface area (Å²) in [5, 5.41) is 7.47. The molecule has 0 spiro atoms. The highest BCUT2D eigenvalue weighted by molar-refractivity contribution is 6.27. The van der Waals surface area contributed by atoms with Crippen LogP contribution in [-0.2, 0) is 6.42 Å². The minimum absolute atomic E-state index is 0.119. The second kappa shape index (κ2) is 11.0. The lowest BCUT2D eigenvalue weighted by Gasteiger charge is -2.40. The van der Waals surface area contributed by atoms with Gasteiger partial charge in [-0.15, -0.1) is 0 Å². The zero-order valence-electron chi connectivity index (χ0n) is 26.3. The smallest absolute Gasteiger partial charge is 0.125 e. The Hall–Kier alpha value is -5.61. The fourth-order valence-electron chi connectivity index (χ4n) is 7.77. The highest BCUT2D eigenvalue weighted by atomic mass is 19.1. The van der Waals surface area contributed by atoms with Crippen molar-refractivity contribution in [3.05, 3.63) is 163 Å². The lowest BCUT2D eigenvalue weighted by atomic mass is 9.91. The highest BCUT2D eigenvalue weighted by Crippen LogP contribution is 2.46. The number of fused-ring (bicyclic) bond motifs is 1. The van der Waals surface area contributed by atoms with Gasteiger partial charge in [-0.25, -0.2) is 4.39 Å². The van der Waals surface area contributed by atoms with Crippen LogP contribution in [0.5, 0.6) is 0 Å². The Balaban J connectivity index is 1.23. The van der Waals surface area contributed by atoms with Gasteiger partial charge >= 0.3 is 0 Å². The Labute approximate surface area is 274 Å². The summed E-state index contributed by atoms with van der Waals surface area (Å²) in [6, 6.07) is 44.3. The molecule has 1 atom stereocenters. The number of halogens is 1. The number of anilines is 4. The largest absolute Gasteiger partial charge is 0.356 e. The lowest BCUT2D eigenvalue weighted by Crippen LogP contribution is -2.41. The van der Waals surface area contributed by atoms with E-state index in [0.717, 1.165) is 36.3 Å². The fourth-order valence-corrected chi connectivity index (χ4v) is 7.77. The van der Waals surface area contributed by atoms with Gasteiger partial charge in [0.1, 0.15) is 12.0 Å². The van der Waals surface area contributed by atoms with Crippen molar-refractivity contribution < 1.29 is 4.39 Å². The van der Waals surface area contributed by atoms with E-state index in [9.17, 15) is 4.39 Å². The number of aryl methyl sites for hydroxylation is 1. The standard InChI is InChI=1S/C43H34FN3/c1-45-28-33(29-8-3-2-4-9-29)17-26-41(45)47(35-20-18-34(44)19-21-35)40-25-16-32-13-22-36-39(24-15-31-14-23-37(40)43(32)42(31)36)46-27-7-11-30-10-5-6-12-38(30)46/h2-6,8-10,12-26,28,41H,7,11,27H2,1H3. The molecule has 3 nitrogen and oxygen atoms in total. The van der Waals surface area contributed by atoms with Crippen molar-refractivity contribution in [3.63, 3.8) is 0 Å². The number of allylic oxidation sites excluding steroid dienone is 2. The first-order valence-corrected chi connectivity index (χ1v) is 16.4. The van der Waals surface area contributed by atoms with Gasteiger partial charge in [0.15, 0.2) is 0 Å². The molecule has 47 heavy (non-hydrogen) atoms. The Morgan fingerprint density at radius 1 is 0.681 bits per heavy atom. The zero-order valence-corrected chi connectivity index (χ0v) is 26.3. The van der Waals surface area contributed by atoms with Crippen molar-refractivity contribution in [1.82, 2.24) is 4.90 Å². The molecule has 7 aromatic rings. The van der Waals surface area contributed by atoms with Crippen molar-refractivity contribution in [1.29, 1.82) is 0 Å². The molecule has 0 aromatic heterocycles. The minimum Gasteiger partial charge on any atom is -0.356 e. The van der Waals surface area contributed by atoms with Gasteiger partial charge in [-0.05, 0) is 99.6 Å². The van der Waals surface area contributed by atoms with Crippen LogP contribution < -0.4 is 9.80 Å². The number of hydrogen-bond acceptors (Lipinski definition) is 3. The quantitative estimate of drug-likeness (QED) is 0.179. The van der Waals surface area contributed by atoms with E-state index in [-0.39, 0.29) is 12.0 Å².